The van der Waals surface area contributed by atoms with Crippen molar-refractivity contribution in [2.75, 3.05) is 26.3 Å². The third-order valence-corrected chi connectivity index (χ3v) is 5.67. The monoisotopic (exact) mass is 342 g/mol. The summed E-state index contributed by atoms with van der Waals surface area (Å²) in [6, 6.07) is 4.71. The predicted octanol–water partition coefficient (Wildman–Crippen LogP) is 2.05. The van der Waals surface area contributed by atoms with Crippen molar-refractivity contribution in [3.8, 4) is 0 Å². The Morgan fingerprint density at radius 3 is 2.39 bits per heavy atom. The number of hydrogen-bond donors (Lipinski definition) is 0. The Morgan fingerprint density at radius 1 is 1.26 bits per heavy atom. The second-order valence-corrected chi connectivity index (χ2v) is 8.59. The van der Waals surface area contributed by atoms with E-state index in [0.29, 0.717) is 13.2 Å². The standard InChI is InChI=1S/C15H22N2O5S/c1-15(2,3)13-4-5-14(17(18)19)12(10-13)11-23(20,21)16-6-8-22-9-7-16/h4-5,10H,6-9,11H2,1-3H3. The summed E-state index contributed by atoms with van der Waals surface area (Å²) in [6.07, 6.45) is 0. The fourth-order valence-electron chi connectivity index (χ4n) is 2.46. The fraction of sp³-hybridized carbons (Fsp3) is 0.600. The summed E-state index contributed by atoms with van der Waals surface area (Å²) in [4.78, 5) is 10.7. The van der Waals surface area contributed by atoms with Crippen LogP contribution in [0.25, 0.3) is 0 Å². The van der Waals surface area contributed by atoms with Gasteiger partial charge in [0.15, 0.2) is 0 Å². The van der Waals surface area contributed by atoms with Crippen LogP contribution in [-0.4, -0.2) is 43.9 Å². The van der Waals surface area contributed by atoms with Gasteiger partial charge in [-0.3, -0.25) is 10.1 Å². The van der Waals surface area contributed by atoms with Gasteiger partial charge in [0.2, 0.25) is 10.0 Å². The molecular formula is C15H22N2O5S. The summed E-state index contributed by atoms with van der Waals surface area (Å²) in [5.41, 5.74) is 0.728. The Labute approximate surface area is 136 Å². The van der Waals surface area contributed by atoms with Crippen molar-refractivity contribution in [2.45, 2.75) is 31.9 Å². The lowest BCUT2D eigenvalue weighted by Crippen LogP contribution is -2.41. The van der Waals surface area contributed by atoms with E-state index in [0.717, 1.165) is 5.56 Å². The molecule has 1 saturated heterocycles. The number of morpholine rings is 1. The lowest BCUT2D eigenvalue weighted by molar-refractivity contribution is -0.385. The highest BCUT2D eigenvalue weighted by molar-refractivity contribution is 7.88. The fourth-order valence-corrected chi connectivity index (χ4v) is 3.97. The van der Waals surface area contributed by atoms with Gasteiger partial charge in [0.1, 0.15) is 0 Å². The van der Waals surface area contributed by atoms with E-state index in [4.69, 9.17) is 4.74 Å². The van der Waals surface area contributed by atoms with Crippen molar-refractivity contribution in [3.63, 3.8) is 0 Å². The summed E-state index contributed by atoms with van der Waals surface area (Å²) in [5.74, 6) is -0.368. The molecule has 1 aliphatic heterocycles. The van der Waals surface area contributed by atoms with Crippen LogP contribution >= 0.6 is 0 Å². The van der Waals surface area contributed by atoms with Gasteiger partial charge in [-0.2, -0.15) is 4.31 Å². The minimum absolute atomic E-state index is 0.158. The number of rotatable bonds is 4. The number of nitro groups is 1. The minimum Gasteiger partial charge on any atom is -0.379 e. The maximum Gasteiger partial charge on any atom is 0.273 e. The highest BCUT2D eigenvalue weighted by Crippen LogP contribution is 2.29. The molecule has 7 nitrogen and oxygen atoms in total. The van der Waals surface area contributed by atoms with Crippen LogP contribution in [0, 0.1) is 10.1 Å². The molecule has 0 unspecified atom stereocenters. The van der Waals surface area contributed by atoms with Crippen molar-refractivity contribution in [1.82, 2.24) is 4.31 Å². The van der Waals surface area contributed by atoms with Gasteiger partial charge < -0.3 is 4.74 Å². The Kier molecular flexibility index (Phi) is 5.07. The van der Waals surface area contributed by atoms with Crippen LogP contribution in [0.4, 0.5) is 5.69 Å². The largest absolute Gasteiger partial charge is 0.379 e. The van der Waals surface area contributed by atoms with Crippen LogP contribution in [-0.2, 0) is 25.9 Å². The summed E-state index contributed by atoms with van der Waals surface area (Å²) in [6.45, 7) is 7.22. The molecule has 0 amide bonds. The second-order valence-electron chi connectivity index (χ2n) is 6.62. The van der Waals surface area contributed by atoms with Crippen LogP contribution in [0.2, 0.25) is 0 Å². The maximum absolute atomic E-state index is 12.5. The number of benzene rings is 1. The summed E-state index contributed by atoms with van der Waals surface area (Å²) < 4.78 is 31.6. The zero-order chi connectivity index (χ0) is 17.3. The number of ether oxygens (including phenoxy) is 1. The molecule has 0 aromatic heterocycles. The van der Waals surface area contributed by atoms with Crippen LogP contribution in [0.3, 0.4) is 0 Å². The normalized spacial score (nSPS) is 17.2. The Hall–Kier alpha value is -1.51. The van der Waals surface area contributed by atoms with Gasteiger partial charge in [-0.1, -0.05) is 26.8 Å². The first-order valence-corrected chi connectivity index (χ1v) is 9.05. The lowest BCUT2D eigenvalue weighted by atomic mass is 9.86. The first-order chi connectivity index (χ1) is 10.6. The number of nitrogens with zero attached hydrogens (tertiary/aromatic N) is 2. The SMILES string of the molecule is CC(C)(C)c1ccc([N+](=O)[O-])c(CS(=O)(=O)N2CCOCC2)c1. The number of sulfonamides is 1. The molecule has 23 heavy (non-hydrogen) atoms. The van der Waals surface area contributed by atoms with E-state index < -0.39 is 14.9 Å². The molecule has 0 bridgehead atoms. The summed E-state index contributed by atoms with van der Waals surface area (Å²) in [7, 11) is -3.61. The second kappa shape index (κ2) is 6.54. The highest BCUT2D eigenvalue weighted by Gasteiger charge is 2.29. The van der Waals surface area contributed by atoms with E-state index in [2.05, 4.69) is 0 Å². The number of nitro benzene ring substituents is 1. The van der Waals surface area contributed by atoms with Crippen LogP contribution in [0.15, 0.2) is 18.2 Å². The molecule has 0 radical (unpaired) electrons. The molecule has 0 spiro atoms. The van der Waals surface area contributed by atoms with Crippen molar-refractivity contribution < 1.29 is 18.1 Å². The van der Waals surface area contributed by atoms with E-state index in [-0.39, 0.29) is 35.5 Å². The highest BCUT2D eigenvalue weighted by atomic mass is 32.2. The van der Waals surface area contributed by atoms with Crippen LogP contribution < -0.4 is 0 Å². The van der Waals surface area contributed by atoms with Gasteiger partial charge in [0.05, 0.1) is 23.9 Å². The molecule has 0 atom stereocenters. The van der Waals surface area contributed by atoms with E-state index >= 15 is 0 Å². The molecule has 1 fully saturated rings. The van der Waals surface area contributed by atoms with Gasteiger partial charge in [0, 0.05) is 24.7 Å². The number of hydrogen-bond acceptors (Lipinski definition) is 5. The Bertz CT molecular complexity index is 688. The average molecular weight is 342 g/mol. The Morgan fingerprint density at radius 2 is 1.87 bits per heavy atom. The molecule has 1 aromatic rings. The molecule has 1 heterocycles. The zero-order valence-corrected chi connectivity index (χ0v) is 14.4. The van der Waals surface area contributed by atoms with Crippen LogP contribution in [0.1, 0.15) is 31.9 Å². The first-order valence-electron chi connectivity index (χ1n) is 7.44. The topological polar surface area (TPSA) is 89.8 Å². The van der Waals surface area contributed by atoms with Gasteiger partial charge in [-0.15, -0.1) is 0 Å². The molecule has 0 aliphatic carbocycles. The van der Waals surface area contributed by atoms with E-state index in [1.807, 2.05) is 20.8 Å². The molecule has 2 rings (SSSR count). The smallest absolute Gasteiger partial charge is 0.273 e. The predicted molar refractivity (Wildman–Crippen MR) is 86.8 cm³/mol. The third kappa shape index (κ3) is 4.27. The zero-order valence-electron chi connectivity index (χ0n) is 13.6. The summed E-state index contributed by atoms with van der Waals surface area (Å²) in [5, 5.41) is 11.2. The molecule has 128 valence electrons. The van der Waals surface area contributed by atoms with Crippen molar-refractivity contribution in [1.29, 1.82) is 0 Å². The van der Waals surface area contributed by atoms with E-state index in [1.165, 1.54) is 10.4 Å². The first kappa shape index (κ1) is 17.8. The van der Waals surface area contributed by atoms with Crippen molar-refractivity contribution in [2.24, 2.45) is 0 Å². The summed E-state index contributed by atoms with van der Waals surface area (Å²) >= 11 is 0. The average Bonchev–Trinajstić information content (AvgIpc) is 2.46. The molecule has 1 aromatic carbocycles. The third-order valence-electron chi connectivity index (χ3n) is 3.84. The van der Waals surface area contributed by atoms with Gasteiger partial charge in [0.25, 0.3) is 5.69 Å². The van der Waals surface area contributed by atoms with Crippen LogP contribution in [0.5, 0.6) is 0 Å². The molecule has 8 heteroatoms. The Balaban J connectivity index is 2.38. The molecule has 1 aliphatic rings. The van der Waals surface area contributed by atoms with E-state index in [9.17, 15) is 18.5 Å². The van der Waals surface area contributed by atoms with Gasteiger partial charge in [-0.25, -0.2) is 8.42 Å². The minimum atomic E-state index is -3.61. The van der Waals surface area contributed by atoms with E-state index in [1.54, 1.807) is 12.1 Å². The van der Waals surface area contributed by atoms with Gasteiger partial charge in [-0.05, 0) is 17.0 Å². The molecule has 0 N–H and O–H groups in total. The van der Waals surface area contributed by atoms with Gasteiger partial charge >= 0.3 is 0 Å². The lowest BCUT2D eigenvalue weighted by Gasteiger charge is -2.26. The molecular weight excluding hydrogens is 320 g/mol. The van der Waals surface area contributed by atoms with Crippen molar-refractivity contribution >= 4 is 15.7 Å². The van der Waals surface area contributed by atoms with Crippen molar-refractivity contribution in [3.05, 3.63) is 39.4 Å². The maximum atomic E-state index is 12.5. The molecule has 0 saturated carbocycles. The quantitative estimate of drug-likeness (QED) is 0.617.